The summed E-state index contributed by atoms with van der Waals surface area (Å²) in [6, 6.07) is 14.2. The lowest BCUT2D eigenvalue weighted by Gasteiger charge is -2.33. The SMILES string of the molecule is CN=C(NCC(C)Oc1ccc(OC)cc1)NC1CCN(Cc2ccccn2)CC1.I. The second-order valence-corrected chi connectivity index (χ2v) is 7.57. The summed E-state index contributed by atoms with van der Waals surface area (Å²) in [5.74, 6) is 2.47. The Balaban J connectivity index is 0.00000341. The van der Waals surface area contributed by atoms with Crippen molar-refractivity contribution in [1.82, 2.24) is 20.5 Å². The van der Waals surface area contributed by atoms with Crippen molar-refractivity contribution in [3.63, 3.8) is 0 Å². The highest BCUT2D eigenvalue weighted by atomic mass is 127. The number of ether oxygens (including phenoxy) is 2. The van der Waals surface area contributed by atoms with Crippen molar-refractivity contribution in [3.8, 4) is 11.5 Å². The summed E-state index contributed by atoms with van der Waals surface area (Å²) in [6.45, 7) is 5.75. The number of piperidine rings is 1. The molecule has 1 atom stereocenters. The zero-order valence-corrected chi connectivity index (χ0v) is 20.9. The first kappa shape index (κ1) is 25.2. The van der Waals surface area contributed by atoms with Crippen LogP contribution in [0.4, 0.5) is 0 Å². The standard InChI is InChI=1S/C23H33N5O2.HI/c1-18(30-22-9-7-21(29-3)8-10-22)16-26-23(24-2)27-19-11-14-28(15-12-19)17-20-6-4-5-13-25-20;/h4-10,13,18-19H,11-12,14-17H2,1-3H3,(H2,24,26,27);1H. The average Bonchev–Trinajstić information content (AvgIpc) is 2.79. The van der Waals surface area contributed by atoms with E-state index in [1.54, 1.807) is 14.2 Å². The number of benzene rings is 1. The van der Waals surface area contributed by atoms with E-state index in [2.05, 4.69) is 31.6 Å². The lowest BCUT2D eigenvalue weighted by molar-refractivity contribution is 0.195. The Morgan fingerprint density at radius 1 is 1.16 bits per heavy atom. The Bertz CT molecular complexity index is 780. The predicted molar refractivity (Wildman–Crippen MR) is 136 cm³/mol. The quantitative estimate of drug-likeness (QED) is 0.305. The van der Waals surface area contributed by atoms with Gasteiger partial charge in [0.05, 0.1) is 19.3 Å². The Labute approximate surface area is 202 Å². The summed E-state index contributed by atoms with van der Waals surface area (Å²) in [6.07, 6.45) is 4.05. The number of hydrogen-bond acceptors (Lipinski definition) is 5. The van der Waals surface area contributed by atoms with Gasteiger partial charge in [0.1, 0.15) is 17.6 Å². The van der Waals surface area contributed by atoms with Crippen LogP contribution in [0.15, 0.2) is 53.7 Å². The zero-order chi connectivity index (χ0) is 21.2. The third-order valence-corrected chi connectivity index (χ3v) is 5.22. The summed E-state index contributed by atoms with van der Waals surface area (Å²) in [5.41, 5.74) is 1.13. The van der Waals surface area contributed by atoms with Crippen LogP contribution in [-0.4, -0.2) is 61.8 Å². The molecule has 1 aliphatic heterocycles. The molecule has 1 aliphatic rings. The monoisotopic (exact) mass is 539 g/mol. The molecule has 31 heavy (non-hydrogen) atoms. The molecule has 0 bridgehead atoms. The Hall–Kier alpha value is -2.07. The van der Waals surface area contributed by atoms with Gasteiger partial charge in [-0.05, 0) is 56.2 Å². The Morgan fingerprint density at radius 3 is 2.48 bits per heavy atom. The number of methoxy groups -OCH3 is 1. The lowest BCUT2D eigenvalue weighted by Crippen LogP contribution is -2.49. The molecular formula is C23H34IN5O2. The average molecular weight is 539 g/mol. The molecule has 2 N–H and O–H groups in total. The topological polar surface area (TPSA) is 71.0 Å². The van der Waals surface area contributed by atoms with Crippen molar-refractivity contribution < 1.29 is 9.47 Å². The third-order valence-electron chi connectivity index (χ3n) is 5.22. The van der Waals surface area contributed by atoms with Crippen molar-refractivity contribution in [2.75, 3.05) is 33.8 Å². The highest BCUT2D eigenvalue weighted by Crippen LogP contribution is 2.18. The number of aliphatic imine (C=N–C) groups is 1. The normalized spacial score (nSPS) is 16.2. The molecule has 0 saturated carbocycles. The molecule has 1 unspecified atom stereocenters. The molecule has 2 heterocycles. The summed E-state index contributed by atoms with van der Waals surface area (Å²) >= 11 is 0. The maximum atomic E-state index is 5.96. The van der Waals surface area contributed by atoms with E-state index in [9.17, 15) is 0 Å². The first-order valence-electron chi connectivity index (χ1n) is 10.6. The van der Waals surface area contributed by atoms with Gasteiger partial charge in [0.2, 0.25) is 0 Å². The number of hydrogen-bond donors (Lipinski definition) is 2. The van der Waals surface area contributed by atoms with Gasteiger partial charge in [0.25, 0.3) is 0 Å². The molecule has 1 aromatic heterocycles. The number of guanidine groups is 1. The van der Waals surface area contributed by atoms with E-state index in [1.807, 2.05) is 49.5 Å². The second-order valence-electron chi connectivity index (χ2n) is 7.57. The number of likely N-dealkylation sites (tertiary alicyclic amines) is 1. The molecular weight excluding hydrogens is 505 g/mol. The highest BCUT2D eigenvalue weighted by molar-refractivity contribution is 14.0. The number of nitrogens with zero attached hydrogens (tertiary/aromatic N) is 3. The molecule has 1 saturated heterocycles. The predicted octanol–water partition coefficient (Wildman–Crippen LogP) is 3.31. The van der Waals surface area contributed by atoms with E-state index in [-0.39, 0.29) is 30.1 Å². The van der Waals surface area contributed by atoms with Crippen LogP contribution in [0.25, 0.3) is 0 Å². The van der Waals surface area contributed by atoms with Gasteiger partial charge >= 0.3 is 0 Å². The Kier molecular flexibility index (Phi) is 10.9. The fourth-order valence-corrected chi connectivity index (χ4v) is 3.51. The minimum Gasteiger partial charge on any atom is -0.497 e. The molecule has 1 fully saturated rings. The fourth-order valence-electron chi connectivity index (χ4n) is 3.51. The lowest BCUT2D eigenvalue weighted by atomic mass is 10.0. The zero-order valence-electron chi connectivity index (χ0n) is 18.6. The van der Waals surface area contributed by atoms with Crippen LogP contribution in [-0.2, 0) is 6.54 Å². The number of halogens is 1. The second kappa shape index (κ2) is 13.4. The number of aromatic nitrogens is 1. The van der Waals surface area contributed by atoms with Crippen LogP contribution in [0.1, 0.15) is 25.5 Å². The molecule has 0 aliphatic carbocycles. The van der Waals surface area contributed by atoms with Gasteiger partial charge in [-0.2, -0.15) is 0 Å². The molecule has 3 rings (SSSR count). The van der Waals surface area contributed by atoms with Crippen LogP contribution < -0.4 is 20.1 Å². The minimum absolute atomic E-state index is 0. The number of rotatable bonds is 8. The van der Waals surface area contributed by atoms with E-state index >= 15 is 0 Å². The number of pyridine rings is 1. The smallest absolute Gasteiger partial charge is 0.191 e. The van der Waals surface area contributed by atoms with Crippen molar-refractivity contribution >= 4 is 29.9 Å². The van der Waals surface area contributed by atoms with Crippen molar-refractivity contribution in [2.45, 2.75) is 38.5 Å². The van der Waals surface area contributed by atoms with E-state index in [0.717, 1.165) is 55.6 Å². The molecule has 0 amide bonds. The molecule has 1 aromatic carbocycles. The van der Waals surface area contributed by atoms with Crippen molar-refractivity contribution in [3.05, 3.63) is 54.4 Å². The van der Waals surface area contributed by atoms with Crippen molar-refractivity contribution in [2.24, 2.45) is 4.99 Å². The Morgan fingerprint density at radius 2 is 1.87 bits per heavy atom. The van der Waals surface area contributed by atoms with Crippen molar-refractivity contribution in [1.29, 1.82) is 0 Å². The first-order chi connectivity index (χ1) is 14.7. The maximum Gasteiger partial charge on any atom is 0.191 e. The first-order valence-corrected chi connectivity index (χ1v) is 10.6. The van der Waals surface area contributed by atoms with E-state index in [4.69, 9.17) is 9.47 Å². The van der Waals surface area contributed by atoms with Gasteiger partial charge in [-0.25, -0.2) is 0 Å². The summed E-state index contributed by atoms with van der Waals surface area (Å²) in [5, 5.41) is 6.92. The molecule has 8 heteroatoms. The molecule has 170 valence electrons. The molecule has 7 nitrogen and oxygen atoms in total. The van der Waals surface area contributed by atoms with Crippen LogP contribution in [0, 0.1) is 0 Å². The third kappa shape index (κ3) is 8.53. The van der Waals surface area contributed by atoms with Gasteiger partial charge in [-0.3, -0.25) is 14.9 Å². The maximum absolute atomic E-state index is 5.96. The fraction of sp³-hybridized carbons (Fsp3) is 0.478. The summed E-state index contributed by atoms with van der Waals surface area (Å²) < 4.78 is 11.1. The summed E-state index contributed by atoms with van der Waals surface area (Å²) in [7, 11) is 3.46. The molecule has 0 radical (unpaired) electrons. The van der Waals surface area contributed by atoms with Gasteiger partial charge in [-0.15, -0.1) is 24.0 Å². The van der Waals surface area contributed by atoms with Crippen LogP contribution in [0.3, 0.4) is 0 Å². The number of nitrogens with one attached hydrogen (secondary N) is 2. The summed E-state index contributed by atoms with van der Waals surface area (Å²) in [4.78, 5) is 11.3. The minimum atomic E-state index is 0. The van der Waals surface area contributed by atoms with Gasteiger partial charge in [-0.1, -0.05) is 6.07 Å². The van der Waals surface area contributed by atoms with E-state index in [1.165, 1.54) is 0 Å². The van der Waals surface area contributed by atoms with Gasteiger partial charge in [0.15, 0.2) is 5.96 Å². The van der Waals surface area contributed by atoms with E-state index < -0.39 is 0 Å². The highest BCUT2D eigenvalue weighted by Gasteiger charge is 2.20. The van der Waals surface area contributed by atoms with E-state index in [0.29, 0.717) is 12.6 Å². The van der Waals surface area contributed by atoms with Crippen LogP contribution >= 0.6 is 24.0 Å². The molecule has 0 spiro atoms. The van der Waals surface area contributed by atoms with Gasteiger partial charge < -0.3 is 20.1 Å². The molecule has 2 aromatic rings. The van der Waals surface area contributed by atoms with Crippen LogP contribution in [0.5, 0.6) is 11.5 Å². The van der Waals surface area contributed by atoms with Crippen LogP contribution in [0.2, 0.25) is 0 Å². The van der Waals surface area contributed by atoms with Gasteiger partial charge in [0, 0.05) is 38.9 Å². The largest absolute Gasteiger partial charge is 0.497 e.